The molecule has 0 saturated carbocycles. The van der Waals surface area contributed by atoms with Crippen LogP contribution in [0.4, 0.5) is 11.4 Å². The highest BCUT2D eigenvalue weighted by molar-refractivity contribution is 6.30. The SMILES string of the molecule is Cc1ccc(Nc2ccc(Cl)cc2)c(C)c1. The van der Waals surface area contributed by atoms with Crippen molar-refractivity contribution in [3.63, 3.8) is 0 Å². The third kappa shape index (κ3) is 2.56. The van der Waals surface area contributed by atoms with Crippen molar-refractivity contribution in [1.29, 1.82) is 0 Å². The Balaban J connectivity index is 2.23. The summed E-state index contributed by atoms with van der Waals surface area (Å²) in [4.78, 5) is 0. The van der Waals surface area contributed by atoms with Gasteiger partial charge in [-0.15, -0.1) is 0 Å². The fourth-order valence-electron chi connectivity index (χ4n) is 1.64. The third-order valence-corrected chi connectivity index (χ3v) is 2.76. The maximum Gasteiger partial charge on any atom is 0.0414 e. The summed E-state index contributed by atoms with van der Waals surface area (Å²) < 4.78 is 0. The molecule has 16 heavy (non-hydrogen) atoms. The quantitative estimate of drug-likeness (QED) is 0.790. The summed E-state index contributed by atoms with van der Waals surface area (Å²) in [5.74, 6) is 0. The molecule has 2 aromatic rings. The molecule has 0 aromatic heterocycles. The Morgan fingerprint density at radius 1 is 0.938 bits per heavy atom. The van der Waals surface area contributed by atoms with Gasteiger partial charge in [0.1, 0.15) is 0 Å². The molecule has 0 radical (unpaired) electrons. The summed E-state index contributed by atoms with van der Waals surface area (Å²) in [6, 6.07) is 14.1. The zero-order valence-corrected chi connectivity index (χ0v) is 10.2. The standard InChI is InChI=1S/C14H14ClN/c1-10-3-8-14(11(2)9-10)16-13-6-4-12(15)5-7-13/h3-9,16H,1-2H3. The summed E-state index contributed by atoms with van der Waals surface area (Å²) in [6.45, 7) is 4.20. The molecule has 0 heterocycles. The highest BCUT2D eigenvalue weighted by Gasteiger charge is 1.98. The zero-order valence-electron chi connectivity index (χ0n) is 9.42. The van der Waals surface area contributed by atoms with E-state index in [0.717, 1.165) is 16.4 Å². The second-order valence-corrected chi connectivity index (χ2v) is 4.39. The van der Waals surface area contributed by atoms with Crippen LogP contribution in [0.3, 0.4) is 0 Å². The minimum atomic E-state index is 0.756. The summed E-state index contributed by atoms with van der Waals surface area (Å²) in [5, 5.41) is 4.12. The Morgan fingerprint density at radius 2 is 1.62 bits per heavy atom. The first-order valence-corrected chi connectivity index (χ1v) is 5.63. The highest BCUT2D eigenvalue weighted by atomic mass is 35.5. The third-order valence-electron chi connectivity index (χ3n) is 2.51. The number of hydrogen-bond acceptors (Lipinski definition) is 1. The Kier molecular flexibility index (Phi) is 3.16. The van der Waals surface area contributed by atoms with E-state index < -0.39 is 0 Å². The Bertz CT molecular complexity index is 489. The lowest BCUT2D eigenvalue weighted by Gasteiger charge is -2.10. The molecule has 0 spiro atoms. The van der Waals surface area contributed by atoms with Crippen molar-refractivity contribution in [1.82, 2.24) is 0 Å². The molecule has 1 N–H and O–H groups in total. The predicted octanol–water partition coefficient (Wildman–Crippen LogP) is 4.70. The average molecular weight is 232 g/mol. The fourth-order valence-corrected chi connectivity index (χ4v) is 1.77. The summed E-state index contributed by atoms with van der Waals surface area (Å²) in [7, 11) is 0. The van der Waals surface area contributed by atoms with E-state index in [1.54, 1.807) is 0 Å². The second kappa shape index (κ2) is 4.58. The molecular formula is C14H14ClN. The first-order valence-electron chi connectivity index (χ1n) is 5.25. The average Bonchev–Trinajstić information content (AvgIpc) is 2.25. The summed E-state index contributed by atoms with van der Waals surface area (Å²) >= 11 is 5.84. The number of nitrogens with one attached hydrogen (secondary N) is 1. The van der Waals surface area contributed by atoms with Crippen LogP contribution in [0, 0.1) is 13.8 Å². The zero-order chi connectivity index (χ0) is 11.5. The van der Waals surface area contributed by atoms with Gasteiger partial charge in [-0.05, 0) is 49.7 Å². The van der Waals surface area contributed by atoms with Crippen LogP contribution >= 0.6 is 11.6 Å². The van der Waals surface area contributed by atoms with Crippen molar-refractivity contribution < 1.29 is 0 Å². The van der Waals surface area contributed by atoms with Crippen LogP contribution in [-0.4, -0.2) is 0 Å². The molecule has 0 unspecified atom stereocenters. The number of anilines is 2. The van der Waals surface area contributed by atoms with E-state index in [1.165, 1.54) is 11.1 Å². The van der Waals surface area contributed by atoms with Gasteiger partial charge in [0.15, 0.2) is 0 Å². The first kappa shape index (κ1) is 11.0. The van der Waals surface area contributed by atoms with Gasteiger partial charge < -0.3 is 5.32 Å². The molecule has 0 aliphatic rings. The van der Waals surface area contributed by atoms with Crippen LogP contribution in [0.2, 0.25) is 5.02 Å². The highest BCUT2D eigenvalue weighted by Crippen LogP contribution is 2.22. The molecule has 0 aliphatic heterocycles. The monoisotopic (exact) mass is 231 g/mol. The molecule has 0 saturated heterocycles. The predicted molar refractivity (Wildman–Crippen MR) is 70.7 cm³/mol. The van der Waals surface area contributed by atoms with Gasteiger partial charge in [-0.3, -0.25) is 0 Å². The van der Waals surface area contributed by atoms with Crippen LogP contribution < -0.4 is 5.32 Å². The van der Waals surface area contributed by atoms with Gasteiger partial charge in [0, 0.05) is 16.4 Å². The topological polar surface area (TPSA) is 12.0 Å². The van der Waals surface area contributed by atoms with Crippen molar-refractivity contribution in [2.24, 2.45) is 0 Å². The van der Waals surface area contributed by atoms with Gasteiger partial charge in [0.05, 0.1) is 0 Å². The van der Waals surface area contributed by atoms with E-state index in [2.05, 4.69) is 37.4 Å². The Hall–Kier alpha value is -1.47. The fraction of sp³-hybridized carbons (Fsp3) is 0.143. The van der Waals surface area contributed by atoms with E-state index in [0.29, 0.717) is 0 Å². The van der Waals surface area contributed by atoms with Crippen LogP contribution in [0.1, 0.15) is 11.1 Å². The minimum absolute atomic E-state index is 0.756. The van der Waals surface area contributed by atoms with E-state index in [4.69, 9.17) is 11.6 Å². The molecule has 0 fully saturated rings. The van der Waals surface area contributed by atoms with Crippen LogP contribution in [0.5, 0.6) is 0 Å². The number of aryl methyl sites for hydroxylation is 2. The number of hydrogen-bond donors (Lipinski definition) is 1. The molecule has 0 aliphatic carbocycles. The number of halogens is 1. The van der Waals surface area contributed by atoms with Gasteiger partial charge in [0.2, 0.25) is 0 Å². The number of rotatable bonds is 2. The molecule has 2 rings (SSSR count). The van der Waals surface area contributed by atoms with Gasteiger partial charge in [-0.25, -0.2) is 0 Å². The maximum atomic E-state index is 5.84. The molecule has 0 bridgehead atoms. The van der Waals surface area contributed by atoms with Crippen molar-refractivity contribution >= 4 is 23.0 Å². The summed E-state index contributed by atoms with van der Waals surface area (Å²) in [5.41, 5.74) is 4.71. The number of benzene rings is 2. The van der Waals surface area contributed by atoms with Gasteiger partial charge in [-0.1, -0.05) is 29.3 Å². The molecule has 82 valence electrons. The van der Waals surface area contributed by atoms with Gasteiger partial charge >= 0.3 is 0 Å². The second-order valence-electron chi connectivity index (χ2n) is 3.95. The van der Waals surface area contributed by atoms with E-state index in [1.807, 2.05) is 24.3 Å². The maximum absolute atomic E-state index is 5.84. The van der Waals surface area contributed by atoms with Gasteiger partial charge in [0.25, 0.3) is 0 Å². The Labute approximate surface area is 101 Å². The van der Waals surface area contributed by atoms with Crippen LogP contribution in [-0.2, 0) is 0 Å². The van der Waals surface area contributed by atoms with E-state index >= 15 is 0 Å². The first-order chi connectivity index (χ1) is 7.65. The molecule has 0 amide bonds. The summed E-state index contributed by atoms with van der Waals surface area (Å²) in [6.07, 6.45) is 0. The normalized spacial score (nSPS) is 10.2. The van der Waals surface area contributed by atoms with Crippen molar-refractivity contribution in [2.75, 3.05) is 5.32 Å². The van der Waals surface area contributed by atoms with Crippen LogP contribution in [0.15, 0.2) is 42.5 Å². The Morgan fingerprint density at radius 3 is 2.25 bits per heavy atom. The van der Waals surface area contributed by atoms with Crippen molar-refractivity contribution in [2.45, 2.75) is 13.8 Å². The van der Waals surface area contributed by atoms with Gasteiger partial charge in [-0.2, -0.15) is 0 Å². The lowest BCUT2D eigenvalue weighted by molar-refractivity contribution is 1.37. The lowest BCUT2D eigenvalue weighted by Crippen LogP contribution is -1.93. The minimum Gasteiger partial charge on any atom is -0.355 e. The molecule has 2 heteroatoms. The smallest absolute Gasteiger partial charge is 0.0414 e. The van der Waals surface area contributed by atoms with Crippen molar-refractivity contribution in [3.8, 4) is 0 Å². The lowest BCUT2D eigenvalue weighted by atomic mass is 10.1. The molecule has 0 atom stereocenters. The van der Waals surface area contributed by atoms with E-state index in [-0.39, 0.29) is 0 Å². The van der Waals surface area contributed by atoms with Crippen LogP contribution in [0.25, 0.3) is 0 Å². The largest absolute Gasteiger partial charge is 0.355 e. The van der Waals surface area contributed by atoms with Crippen molar-refractivity contribution in [3.05, 3.63) is 58.6 Å². The molecule has 2 aromatic carbocycles. The van der Waals surface area contributed by atoms with E-state index in [9.17, 15) is 0 Å². The molecular weight excluding hydrogens is 218 g/mol. The molecule has 1 nitrogen and oxygen atoms in total.